The Hall–Kier alpha value is -2.59. The second kappa shape index (κ2) is 9.27. The molecule has 164 valence electrons. The Morgan fingerprint density at radius 2 is 2.06 bits per heavy atom. The maximum absolute atomic E-state index is 12.5. The highest BCUT2D eigenvalue weighted by Crippen LogP contribution is 2.31. The lowest BCUT2D eigenvalue weighted by molar-refractivity contribution is -0.128. The van der Waals surface area contributed by atoms with E-state index in [0.717, 1.165) is 43.5 Å². The lowest BCUT2D eigenvalue weighted by Crippen LogP contribution is -2.46. The first-order chi connectivity index (χ1) is 15.0. The van der Waals surface area contributed by atoms with E-state index in [4.69, 9.17) is 21.7 Å². The highest BCUT2D eigenvalue weighted by Gasteiger charge is 2.39. The number of carbonyl (C=O) groups excluding carboxylic acids is 1. The van der Waals surface area contributed by atoms with E-state index in [2.05, 4.69) is 19.2 Å². The standard InChI is InChI=1S/C23H29ClN6O/c1-15-5-10-19(16(2)12-15)27-23(26-14-25)30-13-20(29-11-3-4-21(29)31)22(28-30)17-6-8-18(24)9-7-17/h6-9,15-16,19-20H,3-5,10-13H2,1-2H3,(H,26,27). The van der Waals surface area contributed by atoms with E-state index in [1.54, 1.807) is 5.01 Å². The normalized spacial score (nSPS) is 29.2. The van der Waals surface area contributed by atoms with Gasteiger partial charge in [-0.25, -0.2) is 10.0 Å². The molecular weight excluding hydrogens is 412 g/mol. The fourth-order valence-electron chi connectivity index (χ4n) is 4.95. The molecular formula is C23H29ClN6O. The Morgan fingerprint density at radius 1 is 1.29 bits per heavy atom. The van der Waals surface area contributed by atoms with Gasteiger partial charge in [-0.3, -0.25) is 10.1 Å². The van der Waals surface area contributed by atoms with E-state index in [1.807, 2.05) is 35.4 Å². The molecule has 1 aliphatic carbocycles. The highest BCUT2D eigenvalue weighted by atomic mass is 35.5. The summed E-state index contributed by atoms with van der Waals surface area (Å²) >= 11 is 6.08. The number of nitrogens with one attached hydrogen (secondary N) is 1. The van der Waals surface area contributed by atoms with Crippen LogP contribution in [0.1, 0.15) is 51.5 Å². The molecule has 3 aliphatic rings. The average molecular weight is 441 g/mol. The lowest BCUT2D eigenvalue weighted by atomic mass is 9.80. The molecule has 2 fully saturated rings. The molecule has 4 rings (SSSR count). The largest absolute Gasteiger partial charge is 0.332 e. The van der Waals surface area contributed by atoms with Crippen molar-refractivity contribution in [1.82, 2.24) is 15.2 Å². The van der Waals surface area contributed by atoms with Crippen molar-refractivity contribution in [2.45, 2.75) is 58.0 Å². The number of guanidine groups is 1. The van der Waals surface area contributed by atoms with Gasteiger partial charge in [-0.1, -0.05) is 37.6 Å². The Labute approximate surface area is 188 Å². The van der Waals surface area contributed by atoms with Crippen LogP contribution >= 0.6 is 11.6 Å². The first-order valence-corrected chi connectivity index (χ1v) is 11.5. The maximum Gasteiger partial charge on any atom is 0.228 e. The summed E-state index contributed by atoms with van der Waals surface area (Å²) in [5.41, 5.74) is 1.73. The Bertz CT molecular complexity index is 921. The first-order valence-electron chi connectivity index (χ1n) is 11.1. The van der Waals surface area contributed by atoms with E-state index in [-0.39, 0.29) is 18.0 Å². The summed E-state index contributed by atoms with van der Waals surface area (Å²) in [6.07, 6.45) is 6.74. The second-order valence-corrected chi connectivity index (χ2v) is 9.37. The Morgan fingerprint density at radius 3 is 2.71 bits per heavy atom. The van der Waals surface area contributed by atoms with Crippen LogP contribution in [0.3, 0.4) is 0 Å². The third-order valence-corrected chi connectivity index (χ3v) is 6.85. The van der Waals surface area contributed by atoms with E-state index < -0.39 is 0 Å². The van der Waals surface area contributed by atoms with Crippen LogP contribution in [0, 0.1) is 23.3 Å². The van der Waals surface area contributed by atoms with Crippen molar-refractivity contribution in [3.05, 3.63) is 34.9 Å². The average Bonchev–Trinajstić information content (AvgIpc) is 3.36. The summed E-state index contributed by atoms with van der Waals surface area (Å²) in [5.74, 6) is 1.78. The van der Waals surface area contributed by atoms with Gasteiger partial charge in [0.2, 0.25) is 11.9 Å². The zero-order valence-corrected chi connectivity index (χ0v) is 18.8. The van der Waals surface area contributed by atoms with Gasteiger partial charge in [0, 0.05) is 23.6 Å². The highest BCUT2D eigenvalue weighted by molar-refractivity contribution is 6.30. The van der Waals surface area contributed by atoms with Crippen LogP contribution in [0.2, 0.25) is 5.02 Å². The molecule has 8 heteroatoms. The van der Waals surface area contributed by atoms with Crippen molar-refractivity contribution in [1.29, 1.82) is 5.26 Å². The third-order valence-electron chi connectivity index (χ3n) is 6.60. The zero-order chi connectivity index (χ0) is 22.0. The molecule has 1 aromatic rings. The summed E-state index contributed by atoms with van der Waals surface area (Å²) in [5, 5.41) is 19.4. The number of aliphatic imine (C=N–C) groups is 1. The zero-order valence-electron chi connectivity index (χ0n) is 18.1. The Kier molecular flexibility index (Phi) is 6.47. The monoisotopic (exact) mass is 440 g/mol. The third kappa shape index (κ3) is 4.69. The minimum atomic E-state index is -0.175. The minimum absolute atomic E-state index is 0.148. The van der Waals surface area contributed by atoms with Gasteiger partial charge >= 0.3 is 0 Å². The molecule has 0 aromatic heterocycles. The number of hydrazone groups is 1. The summed E-state index contributed by atoms with van der Waals surface area (Å²) in [7, 11) is 0. The summed E-state index contributed by atoms with van der Waals surface area (Å²) in [4.78, 5) is 19.3. The molecule has 7 nitrogen and oxygen atoms in total. The van der Waals surface area contributed by atoms with E-state index in [0.29, 0.717) is 35.8 Å². The van der Waals surface area contributed by atoms with Crippen molar-refractivity contribution in [2.75, 3.05) is 13.1 Å². The molecule has 2 aliphatic heterocycles. The van der Waals surface area contributed by atoms with Crippen LogP contribution in [0.5, 0.6) is 0 Å². The smallest absolute Gasteiger partial charge is 0.228 e. The molecule has 2 heterocycles. The first kappa shape index (κ1) is 21.6. The molecule has 4 atom stereocenters. The molecule has 1 saturated carbocycles. The fraction of sp³-hybridized carbons (Fsp3) is 0.565. The van der Waals surface area contributed by atoms with Crippen molar-refractivity contribution in [3.8, 4) is 6.19 Å². The van der Waals surface area contributed by atoms with Gasteiger partial charge in [-0.2, -0.15) is 10.4 Å². The summed E-state index contributed by atoms with van der Waals surface area (Å²) in [6, 6.07) is 7.50. The number of likely N-dealkylation sites (tertiary alicyclic amines) is 1. The molecule has 1 N–H and O–H groups in total. The van der Waals surface area contributed by atoms with Gasteiger partial charge in [-0.05, 0) is 49.7 Å². The van der Waals surface area contributed by atoms with Crippen molar-refractivity contribution < 1.29 is 4.79 Å². The predicted molar refractivity (Wildman–Crippen MR) is 122 cm³/mol. The maximum atomic E-state index is 12.5. The second-order valence-electron chi connectivity index (χ2n) is 8.93. The number of amides is 1. The van der Waals surface area contributed by atoms with Crippen LogP contribution in [-0.4, -0.2) is 52.7 Å². The number of rotatable bonds is 3. The fourth-order valence-corrected chi connectivity index (χ4v) is 5.07. The van der Waals surface area contributed by atoms with Gasteiger partial charge in [0.1, 0.15) is 0 Å². The van der Waals surface area contributed by atoms with Gasteiger partial charge in [0.15, 0.2) is 6.19 Å². The predicted octanol–water partition coefficient (Wildman–Crippen LogP) is 3.60. The molecule has 4 unspecified atom stereocenters. The summed E-state index contributed by atoms with van der Waals surface area (Å²) in [6.45, 7) is 5.71. The van der Waals surface area contributed by atoms with Crippen molar-refractivity contribution in [3.63, 3.8) is 0 Å². The number of nitrogens with zero attached hydrogens (tertiary/aromatic N) is 5. The number of benzene rings is 1. The van der Waals surface area contributed by atoms with Gasteiger partial charge in [0.05, 0.1) is 24.3 Å². The van der Waals surface area contributed by atoms with Gasteiger partial charge in [-0.15, -0.1) is 0 Å². The van der Waals surface area contributed by atoms with E-state index in [1.165, 1.54) is 0 Å². The molecule has 0 spiro atoms. The van der Waals surface area contributed by atoms with Crippen LogP contribution < -0.4 is 5.32 Å². The number of carbonyl (C=O) groups is 1. The molecule has 1 aromatic carbocycles. The molecule has 0 radical (unpaired) electrons. The minimum Gasteiger partial charge on any atom is -0.332 e. The number of hydrogen-bond donors (Lipinski definition) is 1. The molecule has 1 saturated heterocycles. The quantitative estimate of drug-likeness (QED) is 0.337. The van der Waals surface area contributed by atoms with Crippen LogP contribution in [0.15, 0.2) is 34.4 Å². The molecule has 31 heavy (non-hydrogen) atoms. The van der Waals surface area contributed by atoms with E-state index in [9.17, 15) is 10.1 Å². The Balaban J connectivity index is 1.65. The topological polar surface area (TPSA) is 84.1 Å². The summed E-state index contributed by atoms with van der Waals surface area (Å²) < 4.78 is 0. The molecule has 0 bridgehead atoms. The van der Waals surface area contributed by atoms with Crippen LogP contribution in [0.4, 0.5) is 0 Å². The molecule has 1 amide bonds. The lowest BCUT2D eigenvalue weighted by Gasteiger charge is -2.31. The van der Waals surface area contributed by atoms with E-state index >= 15 is 0 Å². The van der Waals surface area contributed by atoms with Gasteiger partial charge < -0.3 is 4.90 Å². The van der Waals surface area contributed by atoms with Gasteiger partial charge in [0.25, 0.3) is 0 Å². The van der Waals surface area contributed by atoms with Crippen LogP contribution in [0.25, 0.3) is 0 Å². The van der Waals surface area contributed by atoms with Crippen molar-refractivity contribution in [2.24, 2.45) is 21.9 Å². The SMILES string of the molecule is CC1CCC(N=C(NC#N)N2CC(N3CCCC3=O)C(c3ccc(Cl)cc3)=N2)C(C)C1. The number of nitriles is 1. The number of halogens is 1. The van der Waals surface area contributed by atoms with Crippen LogP contribution in [-0.2, 0) is 4.79 Å². The van der Waals surface area contributed by atoms with Crippen molar-refractivity contribution >= 4 is 29.2 Å². The number of hydrogen-bond acceptors (Lipinski definition) is 4.